The van der Waals surface area contributed by atoms with Crippen molar-refractivity contribution in [1.29, 1.82) is 5.26 Å². The number of hydrogen-bond donors (Lipinski definition) is 0. The molecule has 1 aromatic carbocycles. The van der Waals surface area contributed by atoms with Gasteiger partial charge in [-0.2, -0.15) is 5.26 Å². The fraction of sp³-hybridized carbons (Fsp3) is 0.0769. The van der Waals surface area contributed by atoms with Crippen LogP contribution >= 0.6 is 0 Å². The molecule has 0 unspecified atom stereocenters. The van der Waals surface area contributed by atoms with Crippen molar-refractivity contribution in [2.45, 2.75) is 0 Å². The summed E-state index contributed by atoms with van der Waals surface area (Å²) in [6.45, 7) is 0. The van der Waals surface area contributed by atoms with Gasteiger partial charge in [-0.3, -0.25) is 4.98 Å². The smallest absolute Gasteiger partial charge is 0.149 e. The molecule has 1 heterocycles. The minimum Gasteiger partial charge on any atom is -0.495 e. The lowest BCUT2D eigenvalue weighted by atomic mass is 10.1. The molecular weight excluding hydrogens is 219 g/mol. The van der Waals surface area contributed by atoms with E-state index in [9.17, 15) is 4.39 Å². The van der Waals surface area contributed by atoms with Gasteiger partial charge in [-0.15, -0.1) is 0 Å². The fourth-order valence-corrected chi connectivity index (χ4v) is 1.60. The van der Waals surface area contributed by atoms with Gasteiger partial charge in [0.1, 0.15) is 23.2 Å². The number of methoxy groups -OCH3 is 1. The SMILES string of the molecule is COc1c(-c2ccccn2)ccc(F)c1C#N. The highest BCUT2D eigenvalue weighted by Crippen LogP contribution is 2.32. The van der Waals surface area contributed by atoms with Crippen molar-refractivity contribution in [2.75, 3.05) is 7.11 Å². The van der Waals surface area contributed by atoms with Crippen molar-refractivity contribution in [1.82, 2.24) is 4.98 Å². The summed E-state index contributed by atoms with van der Waals surface area (Å²) in [5.74, 6) is -0.379. The molecule has 0 spiro atoms. The van der Waals surface area contributed by atoms with Gasteiger partial charge >= 0.3 is 0 Å². The third-order valence-electron chi connectivity index (χ3n) is 2.36. The molecule has 3 nitrogen and oxygen atoms in total. The molecule has 0 saturated heterocycles. The Balaban J connectivity index is 2.68. The van der Waals surface area contributed by atoms with E-state index in [-0.39, 0.29) is 11.3 Å². The predicted molar refractivity (Wildman–Crippen MR) is 60.9 cm³/mol. The van der Waals surface area contributed by atoms with Crippen LogP contribution in [0.3, 0.4) is 0 Å². The lowest BCUT2D eigenvalue weighted by molar-refractivity contribution is 0.411. The highest BCUT2D eigenvalue weighted by molar-refractivity contribution is 5.71. The van der Waals surface area contributed by atoms with Gasteiger partial charge < -0.3 is 4.74 Å². The normalized spacial score (nSPS) is 9.71. The van der Waals surface area contributed by atoms with Crippen LogP contribution in [0, 0.1) is 17.1 Å². The van der Waals surface area contributed by atoms with Crippen molar-refractivity contribution in [3.63, 3.8) is 0 Å². The molecule has 4 heteroatoms. The third kappa shape index (κ3) is 1.95. The molecule has 0 bridgehead atoms. The fourth-order valence-electron chi connectivity index (χ4n) is 1.60. The summed E-state index contributed by atoms with van der Waals surface area (Å²) in [6.07, 6.45) is 1.63. The van der Waals surface area contributed by atoms with Crippen LogP contribution in [-0.2, 0) is 0 Å². The highest BCUT2D eigenvalue weighted by Gasteiger charge is 2.15. The first kappa shape index (κ1) is 11.1. The number of halogens is 1. The number of nitriles is 1. The number of pyridine rings is 1. The topological polar surface area (TPSA) is 45.9 Å². The summed E-state index contributed by atoms with van der Waals surface area (Å²) >= 11 is 0. The van der Waals surface area contributed by atoms with Crippen LogP contribution in [0.15, 0.2) is 36.5 Å². The summed E-state index contributed by atoms with van der Waals surface area (Å²) in [5, 5.41) is 8.91. The summed E-state index contributed by atoms with van der Waals surface area (Å²) in [6, 6.07) is 9.97. The zero-order valence-corrected chi connectivity index (χ0v) is 9.14. The first-order chi connectivity index (χ1) is 8.27. The third-order valence-corrected chi connectivity index (χ3v) is 2.36. The number of aromatic nitrogens is 1. The largest absolute Gasteiger partial charge is 0.495 e. The standard InChI is InChI=1S/C13H9FN2O/c1-17-13-9(12-4-2-3-7-16-12)5-6-11(14)10(13)8-15/h2-7H,1H3. The van der Waals surface area contributed by atoms with E-state index >= 15 is 0 Å². The molecule has 0 N–H and O–H groups in total. The average Bonchev–Trinajstić information content (AvgIpc) is 2.39. The van der Waals surface area contributed by atoms with Gasteiger partial charge in [0.15, 0.2) is 0 Å². The van der Waals surface area contributed by atoms with Crippen molar-refractivity contribution in [2.24, 2.45) is 0 Å². The Morgan fingerprint density at radius 1 is 1.29 bits per heavy atom. The minimum absolute atomic E-state index is 0.101. The second-order valence-corrected chi connectivity index (χ2v) is 3.33. The van der Waals surface area contributed by atoms with Crippen LogP contribution < -0.4 is 4.74 Å². The maximum absolute atomic E-state index is 13.4. The Hall–Kier alpha value is -2.41. The Bertz CT molecular complexity index is 576. The zero-order valence-electron chi connectivity index (χ0n) is 9.14. The lowest BCUT2D eigenvalue weighted by Crippen LogP contribution is -1.96. The number of rotatable bonds is 2. The second-order valence-electron chi connectivity index (χ2n) is 3.33. The monoisotopic (exact) mass is 228 g/mol. The van der Waals surface area contributed by atoms with E-state index in [2.05, 4.69) is 4.98 Å². The molecule has 0 amide bonds. The Kier molecular flexibility index (Phi) is 3.01. The van der Waals surface area contributed by atoms with Gasteiger partial charge in [-0.1, -0.05) is 6.07 Å². The predicted octanol–water partition coefficient (Wildman–Crippen LogP) is 2.77. The molecule has 0 saturated carbocycles. The van der Waals surface area contributed by atoms with Crippen LogP contribution in [0.1, 0.15) is 5.56 Å². The maximum atomic E-state index is 13.4. The molecular formula is C13H9FN2O. The zero-order chi connectivity index (χ0) is 12.3. The number of ether oxygens (including phenoxy) is 1. The van der Waals surface area contributed by atoms with Crippen LogP contribution in [-0.4, -0.2) is 12.1 Å². The minimum atomic E-state index is -0.593. The number of benzene rings is 1. The quantitative estimate of drug-likeness (QED) is 0.793. The van der Waals surface area contributed by atoms with Crippen LogP contribution in [0.4, 0.5) is 4.39 Å². The molecule has 0 radical (unpaired) electrons. The van der Waals surface area contributed by atoms with Crippen LogP contribution in [0.5, 0.6) is 5.75 Å². The van der Waals surface area contributed by atoms with E-state index < -0.39 is 5.82 Å². The molecule has 84 valence electrons. The molecule has 2 rings (SSSR count). The maximum Gasteiger partial charge on any atom is 0.149 e. The van der Waals surface area contributed by atoms with Crippen molar-refractivity contribution in [3.8, 4) is 23.1 Å². The number of nitrogens with zero attached hydrogens (tertiary/aromatic N) is 2. The Morgan fingerprint density at radius 3 is 2.71 bits per heavy atom. The number of hydrogen-bond acceptors (Lipinski definition) is 3. The lowest BCUT2D eigenvalue weighted by Gasteiger charge is -2.09. The van der Waals surface area contributed by atoms with E-state index in [4.69, 9.17) is 10.00 Å². The van der Waals surface area contributed by atoms with E-state index in [1.807, 2.05) is 6.07 Å². The highest BCUT2D eigenvalue weighted by atomic mass is 19.1. The van der Waals surface area contributed by atoms with Gasteiger partial charge in [0.05, 0.1) is 12.8 Å². The Morgan fingerprint density at radius 2 is 2.12 bits per heavy atom. The average molecular weight is 228 g/mol. The molecule has 0 fully saturated rings. The van der Waals surface area contributed by atoms with E-state index in [1.165, 1.54) is 13.2 Å². The van der Waals surface area contributed by atoms with E-state index in [1.54, 1.807) is 30.5 Å². The first-order valence-electron chi connectivity index (χ1n) is 4.96. The van der Waals surface area contributed by atoms with Gasteiger partial charge in [0.2, 0.25) is 0 Å². The van der Waals surface area contributed by atoms with Gasteiger partial charge in [-0.25, -0.2) is 4.39 Å². The molecule has 0 atom stereocenters. The summed E-state index contributed by atoms with van der Waals surface area (Å²) in [7, 11) is 1.40. The van der Waals surface area contributed by atoms with Crippen molar-refractivity contribution in [3.05, 3.63) is 47.9 Å². The second kappa shape index (κ2) is 4.62. The molecule has 1 aromatic heterocycles. The molecule has 17 heavy (non-hydrogen) atoms. The van der Waals surface area contributed by atoms with E-state index in [0.717, 1.165) is 0 Å². The first-order valence-corrected chi connectivity index (χ1v) is 4.96. The Labute approximate surface area is 98.1 Å². The van der Waals surface area contributed by atoms with Crippen molar-refractivity contribution >= 4 is 0 Å². The van der Waals surface area contributed by atoms with E-state index in [0.29, 0.717) is 11.3 Å². The molecule has 0 aliphatic heterocycles. The summed E-state index contributed by atoms with van der Waals surface area (Å²) in [5.41, 5.74) is 1.14. The molecule has 0 aliphatic rings. The van der Waals surface area contributed by atoms with Gasteiger partial charge in [0, 0.05) is 11.8 Å². The summed E-state index contributed by atoms with van der Waals surface area (Å²) in [4.78, 5) is 4.15. The van der Waals surface area contributed by atoms with Gasteiger partial charge in [0.25, 0.3) is 0 Å². The van der Waals surface area contributed by atoms with Crippen LogP contribution in [0.25, 0.3) is 11.3 Å². The molecule has 2 aromatic rings. The summed E-state index contributed by atoms with van der Waals surface area (Å²) < 4.78 is 18.5. The molecule has 0 aliphatic carbocycles. The van der Waals surface area contributed by atoms with Crippen LogP contribution in [0.2, 0.25) is 0 Å². The van der Waals surface area contributed by atoms with Gasteiger partial charge in [-0.05, 0) is 24.3 Å². The van der Waals surface area contributed by atoms with Crippen molar-refractivity contribution < 1.29 is 9.13 Å².